The topological polar surface area (TPSA) is 62.2 Å². The maximum Gasteiger partial charge on any atom is 0.317 e. The van der Waals surface area contributed by atoms with Crippen molar-refractivity contribution in [3.8, 4) is 0 Å². The van der Waals surface area contributed by atoms with Crippen LogP contribution in [0.1, 0.15) is 5.56 Å². The van der Waals surface area contributed by atoms with E-state index in [4.69, 9.17) is 0 Å². The Balaban J connectivity index is 1.56. The molecule has 2 amide bonds. The largest absolute Gasteiger partial charge is 0.336 e. The maximum atomic E-state index is 11.2. The second-order valence-corrected chi connectivity index (χ2v) is 4.24. The number of aromatic nitrogens is 2. The van der Waals surface area contributed by atoms with Crippen LogP contribution >= 0.6 is 0 Å². The fourth-order valence-electron chi connectivity index (χ4n) is 1.90. The molecule has 94 valence electrons. The molecule has 0 saturated carbocycles. The summed E-state index contributed by atoms with van der Waals surface area (Å²) < 4.78 is 1.81. The Morgan fingerprint density at radius 3 is 3.06 bits per heavy atom. The van der Waals surface area contributed by atoms with Crippen molar-refractivity contribution in [1.29, 1.82) is 0 Å². The fourth-order valence-corrected chi connectivity index (χ4v) is 1.90. The van der Waals surface area contributed by atoms with Crippen LogP contribution < -0.4 is 10.6 Å². The monoisotopic (exact) mass is 237 g/mol. The normalized spacial score (nSPS) is 15.4. The first-order chi connectivity index (χ1) is 8.25. The minimum absolute atomic E-state index is 0.0547. The molecule has 1 aromatic heterocycles. The lowest BCUT2D eigenvalue weighted by Crippen LogP contribution is -2.35. The molecule has 1 fully saturated rings. The molecule has 0 aliphatic carbocycles. The predicted molar refractivity (Wildman–Crippen MR) is 64.8 cm³/mol. The van der Waals surface area contributed by atoms with Crippen LogP contribution in [0.3, 0.4) is 0 Å². The van der Waals surface area contributed by atoms with E-state index < -0.39 is 0 Å². The molecular formula is C11H19N5O. The van der Waals surface area contributed by atoms with Crippen molar-refractivity contribution in [3.05, 3.63) is 18.0 Å². The molecule has 1 aliphatic heterocycles. The lowest BCUT2D eigenvalue weighted by molar-refractivity contribution is 0.217. The highest BCUT2D eigenvalue weighted by Gasteiger charge is 2.17. The molecule has 1 aromatic rings. The molecule has 6 heteroatoms. The van der Waals surface area contributed by atoms with Gasteiger partial charge in [0.05, 0.1) is 6.20 Å². The Hall–Kier alpha value is -1.56. The summed E-state index contributed by atoms with van der Waals surface area (Å²) in [4.78, 5) is 13.1. The maximum absolute atomic E-state index is 11.2. The van der Waals surface area contributed by atoms with Gasteiger partial charge in [-0.3, -0.25) is 4.68 Å². The molecule has 1 aliphatic rings. The third-order valence-corrected chi connectivity index (χ3v) is 2.85. The Labute approximate surface area is 101 Å². The fraction of sp³-hybridized carbons (Fsp3) is 0.636. The highest BCUT2D eigenvalue weighted by molar-refractivity contribution is 5.76. The van der Waals surface area contributed by atoms with Crippen molar-refractivity contribution in [2.75, 3.05) is 32.7 Å². The average Bonchev–Trinajstić information content (AvgIpc) is 2.88. The quantitative estimate of drug-likeness (QED) is 0.660. The van der Waals surface area contributed by atoms with Crippen LogP contribution in [-0.4, -0.2) is 53.4 Å². The molecule has 0 radical (unpaired) electrons. The summed E-state index contributed by atoms with van der Waals surface area (Å²) in [6, 6.07) is 0.0547. The highest BCUT2D eigenvalue weighted by atomic mass is 16.2. The molecule has 6 nitrogen and oxygen atoms in total. The Morgan fingerprint density at radius 2 is 2.41 bits per heavy atom. The van der Waals surface area contributed by atoms with Crippen LogP contribution in [0.15, 0.2) is 12.4 Å². The molecular weight excluding hydrogens is 218 g/mol. The van der Waals surface area contributed by atoms with Gasteiger partial charge in [0.1, 0.15) is 0 Å². The van der Waals surface area contributed by atoms with Crippen molar-refractivity contribution in [3.63, 3.8) is 0 Å². The molecule has 0 atom stereocenters. The number of urea groups is 1. The van der Waals surface area contributed by atoms with Gasteiger partial charge in [-0.25, -0.2) is 4.79 Å². The number of hydrogen-bond acceptors (Lipinski definition) is 3. The molecule has 0 bridgehead atoms. The van der Waals surface area contributed by atoms with Crippen LogP contribution in [0.2, 0.25) is 0 Å². The summed E-state index contributed by atoms with van der Waals surface area (Å²) in [7, 11) is 1.92. The first kappa shape index (κ1) is 11.9. The van der Waals surface area contributed by atoms with E-state index in [9.17, 15) is 4.79 Å². The zero-order valence-corrected chi connectivity index (χ0v) is 10.1. The lowest BCUT2D eigenvalue weighted by atomic mass is 10.2. The number of amides is 2. The summed E-state index contributed by atoms with van der Waals surface area (Å²) in [5.74, 6) is 0. The van der Waals surface area contributed by atoms with E-state index in [1.54, 1.807) is 0 Å². The van der Waals surface area contributed by atoms with Gasteiger partial charge in [0.15, 0.2) is 0 Å². The zero-order valence-electron chi connectivity index (χ0n) is 10.1. The Morgan fingerprint density at radius 1 is 1.53 bits per heavy atom. The van der Waals surface area contributed by atoms with E-state index >= 15 is 0 Å². The molecule has 1 saturated heterocycles. The zero-order chi connectivity index (χ0) is 12.1. The summed E-state index contributed by atoms with van der Waals surface area (Å²) in [6.07, 6.45) is 4.88. The highest BCUT2D eigenvalue weighted by Crippen LogP contribution is 1.97. The van der Waals surface area contributed by atoms with Crippen molar-refractivity contribution >= 4 is 6.03 Å². The summed E-state index contributed by atoms with van der Waals surface area (Å²) in [5.41, 5.74) is 1.24. The van der Waals surface area contributed by atoms with E-state index in [1.165, 1.54) is 5.56 Å². The molecule has 17 heavy (non-hydrogen) atoms. The van der Waals surface area contributed by atoms with Gasteiger partial charge in [-0.05, 0) is 18.5 Å². The van der Waals surface area contributed by atoms with Gasteiger partial charge in [-0.1, -0.05) is 0 Å². The van der Waals surface area contributed by atoms with Gasteiger partial charge in [-0.15, -0.1) is 0 Å². The van der Waals surface area contributed by atoms with Gasteiger partial charge in [0.2, 0.25) is 0 Å². The van der Waals surface area contributed by atoms with Crippen LogP contribution in [0.5, 0.6) is 0 Å². The van der Waals surface area contributed by atoms with Crippen molar-refractivity contribution in [1.82, 2.24) is 25.3 Å². The van der Waals surface area contributed by atoms with E-state index in [0.717, 1.165) is 39.1 Å². The number of aryl methyl sites for hydroxylation is 1. The van der Waals surface area contributed by atoms with Gasteiger partial charge in [0.25, 0.3) is 0 Å². The van der Waals surface area contributed by atoms with Gasteiger partial charge in [0, 0.05) is 39.4 Å². The van der Waals surface area contributed by atoms with E-state index in [2.05, 4.69) is 15.7 Å². The Kier molecular flexibility index (Phi) is 3.98. The standard InChI is InChI=1S/C11H19N5O/c1-15-9-10(8-14-15)2-3-12-4-6-16-7-5-13-11(16)17/h8-9,12H,2-7H2,1H3,(H,13,17). The number of nitrogens with zero attached hydrogens (tertiary/aromatic N) is 3. The lowest BCUT2D eigenvalue weighted by Gasteiger charge is -2.13. The predicted octanol–water partition coefficient (Wildman–Crippen LogP) is -0.423. The van der Waals surface area contributed by atoms with Crippen LogP contribution in [-0.2, 0) is 13.5 Å². The summed E-state index contributed by atoms with van der Waals surface area (Å²) in [6.45, 7) is 4.13. The van der Waals surface area contributed by atoms with E-state index in [-0.39, 0.29) is 6.03 Å². The second-order valence-electron chi connectivity index (χ2n) is 4.24. The number of rotatable bonds is 6. The SMILES string of the molecule is Cn1cc(CCNCCN2CCNC2=O)cn1. The smallest absolute Gasteiger partial charge is 0.317 e. The van der Waals surface area contributed by atoms with Crippen LogP contribution in [0.4, 0.5) is 4.79 Å². The third kappa shape index (κ3) is 3.45. The first-order valence-electron chi connectivity index (χ1n) is 5.97. The Bertz CT molecular complexity index is 376. The molecule has 0 spiro atoms. The van der Waals surface area contributed by atoms with Crippen molar-refractivity contribution in [2.24, 2.45) is 7.05 Å². The molecule has 0 unspecified atom stereocenters. The molecule has 2 N–H and O–H groups in total. The number of hydrogen-bond donors (Lipinski definition) is 2. The number of carbonyl (C=O) groups is 1. The summed E-state index contributed by atoms with van der Waals surface area (Å²) >= 11 is 0. The van der Waals surface area contributed by atoms with Gasteiger partial charge >= 0.3 is 6.03 Å². The summed E-state index contributed by atoms with van der Waals surface area (Å²) in [5, 5.41) is 10.2. The van der Waals surface area contributed by atoms with Crippen LogP contribution in [0.25, 0.3) is 0 Å². The van der Waals surface area contributed by atoms with Crippen molar-refractivity contribution in [2.45, 2.75) is 6.42 Å². The van der Waals surface area contributed by atoms with E-state index in [1.807, 2.05) is 29.0 Å². The minimum atomic E-state index is 0.0547. The minimum Gasteiger partial charge on any atom is -0.336 e. The van der Waals surface area contributed by atoms with Gasteiger partial charge in [-0.2, -0.15) is 5.10 Å². The van der Waals surface area contributed by atoms with Crippen molar-refractivity contribution < 1.29 is 4.79 Å². The number of carbonyl (C=O) groups excluding carboxylic acids is 1. The molecule has 0 aromatic carbocycles. The molecule has 2 heterocycles. The second kappa shape index (κ2) is 5.67. The van der Waals surface area contributed by atoms with Gasteiger partial charge < -0.3 is 15.5 Å². The van der Waals surface area contributed by atoms with E-state index in [0.29, 0.717) is 0 Å². The first-order valence-corrected chi connectivity index (χ1v) is 5.97. The average molecular weight is 237 g/mol. The van der Waals surface area contributed by atoms with Crippen LogP contribution in [0, 0.1) is 0 Å². The molecule has 2 rings (SSSR count). The number of nitrogens with one attached hydrogen (secondary N) is 2. The third-order valence-electron chi connectivity index (χ3n) is 2.85.